The van der Waals surface area contributed by atoms with Gasteiger partial charge in [0.25, 0.3) is 0 Å². The molecule has 0 atom stereocenters. The summed E-state index contributed by atoms with van der Waals surface area (Å²) in [6.07, 6.45) is 0.929. The minimum absolute atomic E-state index is 0.474. The lowest BCUT2D eigenvalue weighted by Crippen LogP contribution is -2.10. The molecular weight excluding hydrogens is 264 g/mol. The summed E-state index contributed by atoms with van der Waals surface area (Å²) in [7, 11) is 3.99. The standard InChI is InChI=1S/C16H24N4O/c1-5-12-9-14(20(6-2)18-12)11-21-16-10-13(19(3)4)7-8-15(16)17/h7-10H,5-6,11,17H2,1-4H3. The molecule has 2 rings (SSSR count). The molecule has 2 N–H and O–H groups in total. The number of hydrogen-bond acceptors (Lipinski definition) is 4. The SMILES string of the molecule is CCc1cc(COc2cc(N(C)C)ccc2N)n(CC)n1. The van der Waals surface area contributed by atoms with Gasteiger partial charge in [0.1, 0.15) is 12.4 Å². The molecule has 1 aromatic carbocycles. The van der Waals surface area contributed by atoms with Crippen LogP contribution in [0, 0.1) is 0 Å². The van der Waals surface area contributed by atoms with Gasteiger partial charge in [-0.2, -0.15) is 5.10 Å². The molecule has 0 aliphatic carbocycles. The van der Waals surface area contributed by atoms with Crippen molar-refractivity contribution in [2.24, 2.45) is 0 Å². The first-order valence-corrected chi connectivity index (χ1v) is 7.30. The monoisotopic (exact) mass is 288 g/mol. The first-order chi connectivity index (χ1) is 10.0. The fraction of sp³-hybridized carbons (Fsp3) is 0.438. The summed E-state index contributed by atoms with van der Waals surface area (Å²) in [5.41, 5.74) is 9.87. The molecule has 0 radical (unpaired) electrons. The van der Waals surface area contributed by atoms with E-state index in [1.165, 1.54) is 0 Å². The zero-order valence-corrected chi connectivity index (χ0v) is 13.3. The van der Waals surface area contributed by atoms with Crippen molar-refractivity contribution in [2.45, 2.75) is 33.4 Å². The Labute approximate surface area is 126 Å². The maximum atomic E-state index is 5.99. The largest absolute Gasteiger partial charge is 0.485 e. The van der Waals surface area contributed by atoms with E-state index in [4.69, 9.17) is 10.5 Å². The van der Waals surface area contributed by atoms with Gasteiger partial charge in [0.2, 0.25) is 0 Å². The van der Waals surface area contributed by atoms with Crippen molar-refractivity contribution in [3.63, 3.8) is 0 Å². The maximum absolute atomic E-state index is 5.99. The van der Waals surface area contributed by atoms with Crippen LogP contribution in [0.25, 0.3) is 0 Å². The Kier molecular flexibility index (Phi) is 4.73. The van der Waals surface area contributed by atoms with E-state index in [9.17, 15) is 0 Å². The van der Waals surface area contributed by atoms with Crippen LogP contribution >= 0.6 is 0 Å². The fourth-order valence-electron chi connectivity index (χ4n) is 2.16. The van der Waals surface area contributed by atoms with E-state index in [0.29, 0.717) is 18.0 Å². The lowest BCUT2D eigenvalue weighted by molar-refractivity contribution is 0.294. The summed E-state index contributed by atoms with van der Waals surface area (Å²) in [5.74, 6) is 0.711. The van der Waals surface area contributed by atoms with Crippen LogP contribution in [-0.2, 0) is 19.6 Å². The van der Waals surface area contributed by atoms with Crippen LogP contribution < -0.4 is 15.4 Å². The Balaban J connectivity index is 2.16. The highest BCUT2D eigenvalue weighted by Gasteiger charge is 2.09. The molecule has 0 amide bonds. The van der Waals surface area contributed by atoms with Crippen LogP contribution in [0.2, 0.25) is 0 Å². The van der Waals surface area contributed by atoms with Crippen LogP contribution in [0.3, 0.4) is 0 Å². The van der Waals surface area contributed by atoms with E-state index in [1.807, 2.05) is 41.9 Å². The van der Waals surface area contributed by atoms with Crippen molar-refractivity contribution in [1.82, 2.24) is 9.78 Å². The molecule has 2 aromatic rings. The Morgan fingerprint density at radius 1 is 1.24 bits per heavy atom. The van der Waals surface area contributed by atoms with E-state index >= 15 is 0 Å². The maximum Gasteiger partial charge on any atom is 0.144 e. The van der Waals surface area contributed by atoms with Gasteiger partial charge in [-0.05, 0) is 31.5 Å². The number of benzene rings is 1. The summed E-state index contributed by atoms with van der Waals surface area (Å²) < 4.78 is 7.88. The molecule has 21 heavy (non-hydrogen) atoms. The molecule has 5 nitrogen and oxygen atoms in total. The quantitative estimate of drug-likeness (QED) is 0.830. The number of nitrogen functional groups attached to an aromatic ring is 1. The predicted molar refractivity (Wildman–Crippen MR) is 86.8 cm³/mol. The van der Waals surface area contributed by atoms with Gasteiger partial charge in [0.15, 0.2) is 0 Å². The van der Waals surface area contributed by atoms with Crippen LogP contribution in [0.15, 0.2) is 24.3 Å². The average Bonchev–Trinajstić information content (AvgIpc) is 2.88. The van der Waals surface area contributed by atoms with Gasteiger partial charge in [0, 0.05) is 32.4 Å². The number of ether oxygens (including phenoxy) is 1. The second-order valence-corrected chi connectivity index (χ2v) is 5.20. The van der Waals surface area contributed by atoms with E-state index in [1.54, 1.807) is 0 Å². The Bertz CT molecular complexity index is 604. The minimum Gasteiger partial charge on any atom is -0.485 e. The smallest absolute Gasteiger partial charge is 0.144 e. The Morgan fingerprint density at radius 2 is 2.00 bits per heavy atom. The third-order valence-electron chi connectivity index (χ3n) is 3.46. The zero-order chi connectivity index (χ0) is 15.4. The van der Waals surface area contributed by atoms with Crippen molar-refractivity contribution in [1.29, 1.82) is 0 Å². The van der Waals surface area contributed by atoms with E-state index < -0.39 is 0 Å². The second kappa shape index (κ2) is 6.52. The van der Waals surface area contributed by atoms with Crippen LogP contribution in [0.5, 0.6) is 5.75 Å². The summed E-state index contributed by atoms with van der Waals surface area (Å²) in [6, 6.07) is 7.91. The van der Waals surface area contributed by atoms with Crippen LogP contribution in [-0.4, -0.2) is 23.9 Å². The van der Waals surface area contributed by atoms with Crippen molar-refractivity contribution in [3.8, 4) is 5.75 Å². The number of anilines is 2. The number of aromatic nitrogens is 2. The second-order valence-electron chi connectivity index (χ2n) is 5.20. The molecule has 0 aliphatic rings. The molecular formula is C16H24N4O. The lowest BCUT2D eigenvalue weighted by Gasteiger charge is -2.16. The van der Waals surface area contributed by atoms with Crippen LogP contribution in [0.4, 0.5) is 11.4 Å². The number of hydrogen-bond donors (Lipinski definition) is 1. The molecule has 0 bridgehead atoms. The molecule has 0 aliphatic heterocycles. The summed E-state index contributed by atoms with van der Waals surface area (Å²) in [5, 5.41) is 4.52. The number of nitrogens with zero attached hydrogens (tertiary/aromatic N) is 3. The van der Waals surface area contributed by atoms with Gasteiger partial charge in [-0.25, -0.2) is 0 Å². The number of aryl methyl sites for hydroxylation is 2. The first kappa shape index (κ1) is 15.2. The van der Waals surface area contributed by atoms with Crippen molar-refractivity contribution in [2.75, 3.05) is 24.7 Å². The summed E-state index contributed by atoms with van der Waals surface area (Å²) >= 11 is 0. The minimum atomic E-state index is 0.474. The van der Waals surface area contributed by atoms with Gasteiger partial charge in [-0.3, -0.25) is 4.68 Å². The van der Waals surface area contributed by atoms with Crippen LogP contribution in [0.1, 0.15) is 25.2 Å². The van der Waals surface area contributed by atoms with E-state index in [0.717, 1.165) is 30.0 Å². The van der Waals surface area contributed by atoms with Gasteiger partial charge in [-0.15, -0.1) is 0 Å². The van der Waals surface area contributed by atoms with Gasteiger partial charge in [0.05, 0.1) is 17.1 Å². The van der Waals surface area contributed by atoms with Gasteiger partial charge < -0.3 is 15.4 Å². The van der Waals surface area contributed by atoms with Crippen molar-refractivity contribution in [3.05, 3.63) is 35.7 Å². The third kappa shape index (κ3) is 3.48. The highest BCUT2D eigenvalue weighted by molar-refractivity contribution is 5.61. The van der Waals surface area contributed by atoms with E-state index in [2.05, 4.69) is 25.0 Å². The third-order valence-corrected chi connectivity index (χ3v) is 3.46. The Morgan fingerprint density at radius 3 is 2.62 bits per heavy atom. The Hall–Kier alpha value is -2.17. The first-order valence-electron chi connectivity index (χ1n) is 7.30. The number of nitrogens with two attached hydrogens (primary N) is 1. The highest BCUT2D eigenvalue weighted by Crippen LogP contribution is 2.27. The number of rotatable bonds is 6. The molecule has 5 heteroatoms. The average molecular weight is 288 g/mol. The summed E-state index contributed by atoms with van der Waals surface area (Å²) in [4.78, 5) is 2.03. The van der Waals surface area contributed by atoms with Gasteiger partial charge in [-0.1, -0.05) is 6.92 Å². The van der Waals surface area contributed by atoms with Gasteiger partial charge >= 0.3 is 0 Å². The molecule has 0 saturated carbocycles. The fourth-order valence-corrected chi connectivity index (χ4v) is 2.16. The lowest BCUT2D eigenvalue weighted by atomic mass is 10.2. The molecule has 0 unspecified atom stereocenters. The molecule has 0 fully saturated rings. The molecule has 0 saturated heterocycles. The molecule has 1 aromatic heterocycles. The highest BCUT2D eigenvalue weighted by atomic mass is 16.5. The molecule has 1 heterocycles. The molecule has 0 spiro atoms. The summed E-state index contributed by atoms with van der Waals surface area (Å²) in [6.45, 7) is 5.50. The van der Waals surface area contributed by atoms with Crippen molar-refractivity contribution < 1.29 is 4.74 Å². The van der Waals surface area contributed by atoms with Crippen molar-refractivity contribution >= 4 is 11.4 Å². The predicted octanol–water partition coefficient (Wildman–Crippen LogP) is 2.69. The zero-order valence-electron chi connectivity index (χ0n) is 13.3. The van der Waals surface area contributed by atoms with E-state index in [-0.39, 0.29) is 0 Å². The topological polar surface area (TPSA) is 56.3 Å². The molecule has 114 valence electrons. The normalized spacial score (nSPS) is 10.7.